The summed E-state index contributed by atoms with van der Waals surface area (Å²) in [6.07, 6.45) is 3.61. The lowest BCUT2D eigenvalue weighted by Gasteiger charge is -2.32. The predicted octanol–water partition coefficient (Wildman–Crippen LogP) is 2.75. The van der Waals surface area contributed by atoms with Crippen molar-refractivity contribution in [3.8, 4) is 0 Å². The van der Waals surface area contributed by atoms with Crippen LogP contribution in [0.2, 0.25) is 0 Å². The van der Waals surface area contributed by atoms with Crippen LogP contribution in [-0.4, -0.2) is 52.9 Å². The highest BCUT2D eigenvalue weighted by molar-refractivity contribution is 5.80. The van der Waals surface area contributed by atoms with Gasteiger partial charge < -0.3 is 25.8 Å². The van der Waals surface area contributed by atoms with Gasteiger partial charge in [0.1, 0.15) is 5.60 Å². The topological polar surface area (TPSA) is 108 Å². The number of guanidine groups is 1. The van der Waals surface area contributed by atoms with Gasteiger partial charge in [0, 0.05) is 25.5 Å². The Labute approximate surface area is 174 Å². The van der Waals surface area contributed by atoms with Crippen molar-refractivity contribution in [1.82, 2.24) is 20.9 Å². The van der Waals surface area contributed by atoms with E-state index in [2.05, 4.69) is 25.9 Å². The summed E-state index contributed by atoms with van der Waals surface area (Å²) < 4.78 is 5.41. The van der Waals surface area contributed by atoms with Crippen molar-refractivity contribution in [3.05, 3.63) is 30.1 Å². The summed E-state index contributed by atoms with van der Waals surface area (Å²) in [5.41, 5.74) is -0.277. The zero-order valence-electron chi connectivity index (χ0n) is 18.6. The molecule has 0 aliphatic carbocycles. The van der Waals surface area contributed by atoms with E-state index in [0.29, 0.717) is 38.4 Å². The van der Waals surface area contributed by atoms with Gasteiger partial charge in [-0.1, -0.05) is 13.8 Å². The molecule has 1 aromatic heterocycles. The molecule has 0 aliphatic heterocycles. The average Bonchev–Trinajstić information content (AvgIpc) is 2.68. The second kappa shape index (κ2) is 11.6. The number of carbonyl (C=O) groups is 1. The Morgan fingerprint density at radius 1 is 1.17 bits per heavy atom. The summed E-state index contributed by atoms with van der Waals surface area (Å²) in [5.74, 6) is 0.581. The number of carbonyl (C=O) groups excluding carboxylic acids is 1. The maximum absolute atomic E-state index is 12.3. The fourth-order valence-corrected chi connectivity index (χ4v) is 2.68. The van der Waals surface area contributed by atoms with E-state index in [0.717, 1.165) is 5.56 Å². The first-order chi connectivity index (χ1) is 13.6. The number of aliphatic hydroxyl groups is 1. The van der Waals surface area contributed by atoms with E-state index in [9.17, 15) is 9.90 Å². The van der Waals surface area contributed by atoms with Crippen LogP contribution >= 0.6 is 0 Å². The normalized spacial score (nSPS) is 13.6. The van der Waals surface area contributed by atoms with E-state index in [1.807, 2.05) is 41.5 Å². The Kier molecular flexibility index (Phi) is 9.88. The lowest BCUT2D eigenvalue weighted by molar-refractivity contribution is 0.0452. The molecule has 0 aliphatic rings. The summed E-state index contributed by atoms with van der Waals surface area (Å²) >= 11 is 0. The molecule has 29 heavy (non-hydrogen) atoms. The second-order valence-corrected chi connectivity index (χ2v) is 7.99. The zero-order chi connectivity index (χ0) is 21.9. The molecular weight excluding hydrogens is 370 g/mol. The van der Waals surface area contributed by atoms with Crippen LogP contribution in [0, 0.1) is 0 Å². The number of aliphatic imine (C=N–C) groups is 1. The molecule has 8 heteroatoms. The van der Waals surface area contributed by atoms with Gasteiger partial charge in [0.15, 0.2) is 5.96 Å². The van der Waals surface area contributed by atoms with Crippen LogP contribution in [0.25, 0.3) is 0 Å². The molecule has 0 aromatic carbocycles. The Balaban J connectivity index is 2.79. The molecule has 1 rings (SSSR count). The summed E-state index contributed by atoms with van der Waals surface area (Å²) in [6, 6.07) is 3.56. The SMILES string of the molecule is CCNC(=NCC(CC)(CC)NC(=O)OC(C)(C)C)NCC(O)c1ccncc1. The fourth-order valence-electron chi connectivity index (χ4n) is 2.68. The highest BCUT2D eigenvalue weighted by Gasteiger charge is 2.30. The van der Waals surface area contributed by atoms with E-state index in [1.54, 1.807) is 24.5 Å². The van der Waals surface area contributed by atoms with Crippen LogP contribution in [0.5, 0.6) is 0 Å². The van der Waals surface area contributed by atoms with Gasteiger partial charge >= 0.3 is 6.09 Å². The number of pyridine rings is 1. The van der Waals surface area contributed by atoms with Gasteiger partial charge in [-0.2, -0.15) is 0 Å². The number of aromatic nitrogens is 1. The third kappa shape index (κ3) is 9.13. The van der Waals surface area contributed by atoms with Gasteiger partial charge in [0.05, 0.1) is 18.2 Å². The van der Waals surface area contributed by atoms with E-state index in [-0.39, 0.29) is 0 Å². The molecule has 0 saturated heterocycles. The minimum absolute atomic E-state index is 0.306. The van der Waals surface area contributed by atoms with Crippen LogP contribution in [0.15, 0.2) is 29.5 Å². The number of aliphatic hydroxyl groups excluding tert-OH is 1. The third-order valence-electron chi connectivity index (χ3n) is 4.56. The van der Waals surface area contributed by atoms with Crippen molar-refractivity contribution in [2.75, 3.05) is 19.6 Å². The van der Waals surface area contributed by atoms with Crippen LogP contribution in [0.4, 0.5) is 4.79 Å². The predicted molar refractivity (Wildman–Crippen MR) is 116 cm³/mol. The lowest BCUT2D eigenvalue weighted by Crippen LogP contribution is -2.52. The molecule has 0 spiro atoms. The maximum atomic E-state index is 12.3. The monoisotopic (exact) mass is 407 g/mol. The van der Waals surface area contributed by atoms with Crippen LogP contribution in [0.1, 0.15) is 66.1 Å². The van der Waals surface area contributed by atoms with Crippen molar-refractivity contribution in [1.29, 1.82) is 0 Å². The van der Waals surface area contributed by atoms with Gasteiger partial charge in [-0.25, -0.2) is 4.79 Å². The number of ether oxygens (including phenoxy) is 1. The number of rotatable bonds is 9. The molecule has 8 nitrogen and oxygen atoms in total. The van der Waals surface area contributed by atoms with Crippen LogP contribution in [0.3, 0.4) is 0 Å². The lowest BCUT2D eigenvalue weighted by atomic mass is 9.93. The number of hydrogen-bond donors (Lipinski definition) is 4. The smallest absolute Gasteiger partial charge is 0.408 e. The van der Waals surface area contributed by atoms with Gasteiger partial charge in [-0.05, 0) is 58.2 Å². The number of nitrogens with zero attached hydrogens (tertiary/aromatic N) is 2. The van der Waals surface area contributed by atoms with Crippen molar-refractivity contribution in [2.24, 2.45) is 4.99 Å². The fraction of sp³-hybridized carbons (Fsp3) is 0.667. The Bertz CT molecular complexity index is 639. The number of alkyl carbamates (subject to hydrolysis) is 1. The van der Waals surface area contributed by atoms with Crippen molar-refractivity contribution in [2.45, 2.75) is 71.6 Å². The molecule has 1 aromatic rings. The quantitative estimate of drug-likeness (QED) is 0.370. The Morgan fingerprint density at radius 3 is 2.31 bits per heavy atom. The van der Waals surface area contributed by atoms with Crippen molar-refractivity contribution in [3.63, 3.8) is 0 Å². The molecule has 1 amide bonds. The molecule has 164 valence electrons. The van der Waals surface area contributed by atoms with Gasteiger partial charge in [-0.3, -0.25) is 9.98 Å². The minimum atomic E-state index is -0.677. The Hall–Kier alpha value is -2.35. The second-order valence-electron chi connectivity index (χ2n) is 7.99. The van der Waals surface area contributed by atoms with E-state index < -0.39 is 23.3 Å². The number of hydrogen-bond acceptors (Lipinski definition) is 5. The first-order valence-electron chi connectivity index (χ1n) is 10.3. The first kappa shape index (κ1) is 24.7. The molecule has 0 bridgehead atoms. The van der Waals surface area contributed by atoms with Gasteiger partial charge in [0.2, 0.25) is 0 Å². The summed E-state index contributed by atoms with van der Waals surface area (Å²) in [6.45, 7) is 12.9. The summed E-state index contributed by atoms with van der Waals surface area (Å²) in [5, 5.41) is 19.7. The number of amides is 1. The van der Waals surface area contributed by atoms with E-state index in [4.69, 9.17) is 4.74 Å². The standard InChI is InChI=1S/C21H37N5O3/c1-7-21(8-2,26-19(28)29-20(4,5)6)15-25-18(23-9-3)24-14-17(27)16-10-12-22-13-11-16/h10-13,17,27H,7-9,14-15H2,1-6H3,(H,26,28)(H2,23,24,25). The van der Waals surface area contributed by atoms with Gasteiger partial charge in [-0.15, -0.1) is 0 Å². The molecule has 4 N–H and O–H groups in total. The summed E-state index contributed by atoms with van der Waals surface area (Å²) in [7, 11) is 0. The molecule has 1 unspecified atom stereocenters. The van der Waals surface area contributed by atoms with Crippen LogP contribution < -0.4 is 16.0 Å². The molecule has 0 radical (unpaired) electrons. The van der Waals surface area contributed by atoms with Crippen molar-refractivity contribution >= 4 is 12.1 Å². The molecular formula is C21H37N5O3. The van der Waals surface area contributed by atoms with E-state index >= 15 is 0 Å². The third-order valence-corrected chi connectivity index (χ3v) is 4.56. The average molecular weight is 408 g/mol. The van der Waals surface area contributed by atoms with E-state index in [1.165, 1.54) is 0 Å². The molecule has 0 fully saturated rings. The molecule has 0 saturated carbocycles. The van der Waals surface area contributed by atoms with Crippen LogP contribution in [-0.2, 0) is 4.74 Å². The zero-order valence-corrected chi connectivity index (χ0v) is 18.6. The molecule has 1 atom stereocenters. The largest absolute Gasteiger partial charge is 0.444 e. The maximum Gasteiger partial charge on any atom is 0.408 e. The highest BCUT2D eigenvalue weighted by atomic mass is 16.6. The number of nitrogens with one attached hydrogen (secondary N) is 3. The summed E-state index contributed by atoms with van der Waals surface area (Å²) in [4.78, 5) is 20.9. The minimum Gasteiger partial charge on any atom is -0.444 e. The highest BCUT2D eigenvalue weighted by Crippen LogP contribution is 2.18. The molecule has 1 heterocycles. The first-order valence-corrected chi connectivity index (χ1v) is 10.3. The van der Waals surface area contributed by atoms with Gasteiger partial charge in [0.25, 0.3) is 0 Å². The van der Waals surface area contributed by atoms with Crippen molar-refractivity contribution < 1.29 is 14.6 Å². The Morgan fingerprint density at radius 2 is 1.79 bits per heavy atom.